The zero-order valence-corrected chi connectivity index (χ0v) is 20.1. The molecule has 3 aromatic rings. The fraction of sp³-hybridized carbons (Fsp3) is 0.316. The van der Waals surface area contributed by atoms with Crippen LogP contribution in [0.1, 0.15) is 5.89 Å². The van der Waals surface area contributed by atoms with Gasteiger partial charge in [0.05, 0.1) is 18.4 Å². The number of aryl methyl sites for hydroxylation is 1. The van der Waals surface area contributed by atoms with E-state index in [-0.39, 0.29) is 36.4 Å². The predicted octanol–water partition coefficient (Wildman–Crippen LogP) is 2.17. The Bertz CT molecular complexity index is 1070. The molecule has 0 unspecified atom stereocenters. The minimum absolute atomic E-state index is 0. The van der Waals surface area contributed by atoms with E-state index in [0.29, 0.717) is 42.3 Å². The van der Waals surface area contributed by atoms with E-state index in [0.717, 1.165) is 11.3 Å². The Labute approximate surface area is 201 Å². The van der Waals surface area contributed by atoms with Crippen molar-refractivity contribution < 1.29 is 9.32 Å². The molecule has 164 valence electrons. The third kappa shape index (κ3) is 5.34. The average Bonchev–Trinajstić information content (AvgIpc) is 3.38. The van der Waals surface area contributed by atoms with E-state index in [9.17, 15) is 4.79 Å². The van der Waals surface area contributed by atoms with E-state index in [1.54, 1.807) is 35.0 Å². The summed E-state index contributed by atoms with van der Waals surface area (Å²) in [6.07, 6.45) is 3.52. The molecule has 1 amide bonds. The van der Waals surface area contributed by atoms with Gasteiger partial charge in [-0.05, 0) is 24.3 Å². The van der Waals surface area contributed by atoms with Gasteiger partial charge in [-0.15, -0.1) is 24.0 Å². The maximum Gasteiger partial charge on any atom is 0.246 e. The minimum Gasteiger partial charge on any atom is -0.347 e. The second-order valence-electron chi connectivity index (χ2n) is 6.76. The normalized spacial score (nSPS) is 14.5. The van der Waals surface area contributed by atoms with Gasteiger partial charge in [-0.2, -0.15) is 10.1 Å². The molecule has 0 spiro atoms. The predicted molar refractivity (Wildman–Crippen MR) is 127 cm³/mol. The Morgan fingerprint density at radius 2 is 2.06 bits per heavy atom. The molecule has 0 radical (unpaired) electrons. The van der Waals surface area contributed by atoms with E-state index in [4.69, 9.17) is 16.1 Å². The molecule has 1 aromatic carbocycles. The molecule has 1 aliphatic heterocycles. The van der Waals surface area contributed by atoms with Gasteiger partial charge < -0.3 is 19.6 Å². The molecule has 0 aliphatic carbocycles. The van der Waals surface area contributed by atoms with Crippen molar-refractivity contribution in [3.05, 3.63) is 47.6 Å². The van der Waals surface area contributed by atoms with Crippen molar-refractivity contribution in [2.75, 3.05) is 31.6 Å². The third-order valence-corrected chi connectivity index (χ3v) is 4.96. The highest BCUT2D eigenvalue weighted by atomic mass is 127. The summed E-state index contributed by atoms with van der Waals surface area (Å²) >= 11 is 5.91. The van der Waals surface area contributed by atoms with Crippen LogP contribution < -0.4 is 10.2 Å². The number of benzene rings is 1. The van der Waals surface area contributed by atoms with Crippen LogP contribution in [-0.4, -0.2) is 63.4 Å². The first-order chi connectivity index (χ1) is 14.5. The molecule has 1 aliphatic rings. The van der Waals surface area contributed by atoms with Gasteiger partial charge in [0.15, 0.2) is 5.96 Å². The first kappa shape index (κ1) is 23.0. The number of aromatic nitrogens is 4. The standard InChI is InChI=1S/C19H21ClN8O2.HI/c1-21-19(27-7-8-28(17(29)12-27)15-9-23-26(2)11-15)22-10-16-24-18(25-30-16)13-3-5-14(20)6-4-13;/h3-6,9,11H,7-8,10,12H2,1-2H3,(H,21,22);1H. The van der Waals surface area contributed by atoms with Crippen molar-refractivity contribution in [3.8, 4) is 11.4 Å². The maximum atomic E-state index is 12.6. The van der Waals surface area contributed by atoms with E-state index < -0.39 is 0 Å². The van der Waals surface area contributed by atoms with Gasteiger partial charge >= 0.3 is 0 Å². The summed E-state index contributed by atoms with van der Waals surface area (Å²) in [4.78, 5) is 24.9. The summed E-state index contributed by atoms with van der Waals surface area (Å²) < 4.78 is 6.99. The summed E-state index contributed by atoms with van der Waals surface area (Å²) in [5, 5.41) is 12.0. The summed E-state index contributed by atoms with van der Waals surface area (Å²) in [6, 6.07) is 7.21. The number of piperazine rings is 1. The molecule has 0 bridgehead atoms. The van der Waals surface area contributed by atoms with Gasteiger partial charge in [0.1, 0.15) is 6.54 Å². The van der Waals surface area contributed by atoms with Gasteiger partial charge in [0.2, 0.25) is 17.6 Å². The van der Waals surface area contributed by atoms with Crippen LogP contribution in [-0.2, 0) is 18.4 Å². The van der Waals surface area contributed by atoms with Gasteiger partial charge in [-0.25, -0.2) is 0 Å². The summed E-state index contributed by atoms with van der Waals surface area (Å²) in [5.74, 6) is 1.49. The molecular formula is C19H22ClIN8O2. The number of nitrogens with zero attached hydrogens (tertiary/aromatic N) is 7. The molecule has 1 fully saturated rings. The quantitative estimate of drug-likeness (QED) is 0.298. The number of nitrogens with one attached hydrogen (secondary N) is 1. The van der Waals surface area contributed by atoms with Crippen LogP contribution in [0.25, 0.3) is 11.4 Å². The molecule has 3 heterocycles. The number of hydrogen-bond donors (Lipinski definition) is 1. The number of amides is 1. The van der Waals surface area contributed by atoms with Crippen molar-refractivity contribution in [2.45, 2.75) is 6.54 Å². The molecule has 1 N–H and O–H groups in total. The number of carbonyl (C=O) groups excluding carboxylic acids is 1. The second-order valence-corrected chi connectivity index (χ2v) is 7.19. The fourth-order valence-corrected chi connectivity index (χ4v) is 3.33. The smallest absolute Gasteiger partial charge is 0.246 e. The summed E-state index contributed by atoms with van der Waals surface area (Å²) in [6.45, 7) is 1.70. The van der Waals surface area contributed by atoms with Crippen LogP contribution in [0.15, 0.2) is 46.2 Å². The zero-order chi connectivity index (χ0) is 21.1. The Balaban J connectivity index is 0.00000272. The first-order valence-corrected chi connectivity index (χ1v) is 9.74. The zero-order valence-electron chi connectivity index (χ0n) is 17.0. The number of carbonyl (C=O) groups is 1. The molecule has 2 aromatic heterocycles. The van der Waals surface area contributed by atoms with E-state index >= 15 is 0 Å². The van der Waals surface area contributed by atoms with Crippen LogP contribution in [0.4, 0.5) is 5.69 Å². The first-order valence-electron chi connectivity index (χ1n) is 9.36. The summed E-state index contributed by atoms with van der Waals surface area (Å²) in [7, 11) is 3.50. The Morgan fingerprint density at radius 3 is 2.71 bits per heavy atom. The lowest BCUT2D eigenvalue weighted by Crippen LogP contribution is -2.55. The topological polar surface area (TPSA) is 105 Å². The van der Waals surface area contributed by atoms with Crippen molar-refractivity contribution in [1.29, 1.82) is 0 Å². The second kappa shape index (κ2) is 10.1. The van der Waals surface area contributed by atoms with Gasteiger partial charge in [-0.1, -0.05) is 16.8 Å². The number of rotatable bonds is 4. The van der Waals surface area contributed by atoms with Crippen LogP contribution in [0.3, 0.4) is 0 Å². The molecule has 4 rings (SSSR count). The van der Waals surface area contributed by atoms with Crippen LogP contribution in [0.5, 0.6) is 0 Å². The van der Waals surface area contributed by atoms with Crippen molar-refractivity contribution in [2.24, 2.45) is 12.0 Å². The minimum atomic E-state index is -0.0139. The van der Waals surface area contributed by atoms with Crippen LogP contribution in [0.2, 0.25) is 5.02 Å². The fourth-order valence-electron chi connectivity index (χ4n) is 3.20. The Hall–Kier alpha value is -2.67. The van der Waals surface area contributed by atoms with Gasteiger partial charge in [0.25, 0.3) is 0 Å². The highest BCUT2D eigenvalue weighted by Gasteiger charge is 2.27. The van der Waals surface area contributed by atoms with Crippen molar-refractivity contribution in [3.63, 3.8) is 0 Å². The molecule has 0 atom stereocenters. The SMILES string of the molecule is CN=C(NCc1nc(-c2ccc(Cl)cc2)no1)N1CCN(c2cnn(C)c2)C(=O)C1.I. The van der Waals surface area contributed by atoms with E-state index in [1.807, 2.05) is 30.3 Å². The lowest BCUT2D eigenvalue weighted by atomic mass is 10.2. The third-order valence-electron chi connectivity index (χ3n) is 4.70. The molecule has 10 nitrogen and oxygen atoms in total. The van der Waals surface area contributed by atoms with Crippen LogP contribution in [0, 0.1) is 0 Å². The average molecular weight is 557 g/mol. The number of hydrogen-bond acceptors (Lipinski definition) is 6. The number of guanidine groups is 1. The molecule has 31 heavy (non-hydrogen) atoms. The van der Waals surface area contributed by atoms with Crippen molar-refractivity contribution in [1.82, 2.24) is 30.1 Å². The molecule has 12 heteroatoms. The van der Waals surface area contributed by atoms with Gasteiger partial charge in [-0.3, -0.25) is 14.5 Å². The highest BCUT2D eigenvalue weighted by molar-refractivity contribution is 14.0. The maximum absolute atomic E-state index is 12.6. The Kier molecular flexibility index (Phi) is 7.49. The Morgan fingerprint density at radius 1 is 1.29 bits per heavy atom. The van der Waals surface area contributed by atoms with E-state index in [2.05, 4.69) is 25.5 Å². The largest absolute Gasteiger partial charge is 0.347 e. The van der Waals surface area contributed by atoms with Gasteiger partial charge in [0, 0.05) is 44.0 Å². The summed E-state index contributed by atoms with van der Waals surface area (Å²) in [5.41, 5.74) is 1.61. The molecular weight excluding hydrogens is 535 g/mol. The lowest BCUT2D eigenvalue weighted by molar-refractivity contribution is -0.120. The molecule has 0 saturated carbocycles. The van der Waals surface area contributed by atoms with E-state index in [1.165, 1.54) is 0 Å². The number of anilines is 1. The highest BCUT2D eigenvalue weighted by Crippen LogP contribution is 2.19. The number of aliphatic imine (C=N–C) groups is 1. The lowest BCUT2D eigenvalue weighted by Gasteiger charge is -2.35. The monoisotopic (exact) mass is 556 g/mol. The number of halogens is 2. The van der Waals surface area contributed by atoms with Crippen LogP contribution >= 0.6 is 35.6 Å². The molecule has 1 saturated heterocycles. The van der Waals surface area contributed by atoms with Crippen molar-refractivity contribution >= 4 is 53.1 Å².